The van der Waals surface area contributed by atoms with Gasteiger partial charge in [0.2, 0.25) is 0 Å². The topological polar surface area (TPSA) is 0 Å². The van der Waals surface area contributed by atoms with Gasteiger partial charge in [0.05, 0.1) is 0 Å². The van der Waals surface area contributed by atoms with Gasteiger partial charge in [-0.1, -0.05) is 60.1 Å². The number of allylic oxidation sites excluding steroid dienone is 1. The van der Waals surface area contributed by atoms with Gasteiger partial charge in [-0.2, -0.15) is 0 Å². The van der Waals surface area contributed by atoms with Crippen LogP contribution in [0.5, 0.6) is 0 Å². The highest BCUT2D eigenvalue weighted by Gasteiger charge is 2.34. The second kappa shape index (κ2) is 4.97. The summed E-state index contributed by atoms with van der Waals surface area (Å²) >= 11 is 3.65. The van der Waals surface area contributed by atoms with Crippen molar-refractivity contribution in [3.63, 3.8) is 0 Å². The van der Waals surface area contributed by atoms with Crippen molar-refractivity contribution in [2.75, 3.05) is 0 Å². The number of benzene rings is 1. The Labute approximate surface area is 113 Å². The first-order valence-corrected chi connectivity index (χ1v) is 7.21. The Balaban J connectivity index is 2.22. The highest BCUT2D eigenvalue weighted by atomic mass is 79.9. The van der Waals surface area contributed by atoms with E-state index in [1.807, 2.05) is 0 Å². The van der Waals surface area contributed by atoms with Crippen molar-refractivity contribution in [1.82, 2.24) is 0 Å². The number of hydrogen-bond donors (Lipinski definition) is 0. The summed E-state index contributed by atoms with van der Waals surface area (Å²) in [6.07, 6.45) is 4.95. The Morgan fingerprint density at radius 2 is 2.06 bits per heavy atom. The zero-order chi connectivity index (χ0) is 12.5. The molecule has 1 saturated carbocycles. The van der Waals surface area contributed by atoms with Gasteiger partial charge in [0.25, 0.3) is 0 Å². The summed E-state index contributed by atoms with van der Waals surface area (Å²) in [6, 6.07) is 8.56. The molecule has 1 aliphatic rings. The zero-order valence-electron chi connectivity index (χ0n) is 10.8. The molecule has 1 heteroatoms. The van der Waals surface area contributed by atoms with E-state index < -0.39 is 0 Å². The number of halogens is 1. The lowest BCUT2D eigenvalue weighted by molar-refractivity contribution is 0.189. The van der Waals surface area contributed by atoms with E-state index in [0.717, 1.165) is 6.42 Å². The van der Waals surface area contributed by atoms with Crippen molar-refractivity contribution in [3.8, 4) is 0 Å². The summed E-state index contributed by atoms with van der Waals surface area (Å²) in [6.45, 7) is 9.08. The maximum absolute atomic E-state index is 4.30. The largest absolute Gasteiger partial charge is 0.0995 e. The Morgan fingerprint density at radius 1 is 1.35 bits per heavy atom. The van der Waals surface area contributed by atoms with E-state index in [-0.39, 0.29) is 0 Å². The predicted molar refractivity (Wildman–Crippen MR) is 78.1 cm³/mol. The smallest absolute Gasteiger partial charge is 0.0207 e. The van der Waals surface area contributed by atoms with Gasteiger partial charge in [-0.25, -0.2) is 0 Å². The monoisotopic (exact) mass is 292 g/mol. The lowest BCUT2D eigenvalue weighted by Gasteiger charge is -2.40. The van der Waals surface area contributed by atoms with Crippen LogP contribution in [0, 0.1) is 11.3 Å². The summed E-state index contributed by atoms with van der Waals surface area (Å²) in [5, 5.41) is 0. The van der Waals surface area contributed by atoms with Crippen LogP contribution in [0.1, 0.15) is 38.7 Å². The van der Waals surface area contributed by atoms with E-state index in [0.29, 0.717) is 11.3 Å². The molecule has 0 saturated heterocycles. The highest BCUT2D eigenvalue weighted by Crippen LogP contribution is 2.45. The van der Waals surface area contributed by atoms with Crippen molar-refractivity contribution < 1.29 is 0 Å². The van der Waals surface area contributed by atoms with E-state index in [1.54, 1.807) is 0 Å². The third-order valence-electron chi connectivity index (χ3n) is 4.14. The maximum Gasteiger partial charge on any atom is 0.0207 e. The third-order valence-corrected chi connectivity index (χ3v) is 4.91. The molecule has 1 fully saturated rings. The molecular formula is C16H21Br. The quantitative estimate of drug-likeness (QED) is 0.643. The summed E-state index contributed by atoms with van der Waals surface area (Å²) in [5.74, 6) is 0.620. The standard InChI is InChI=1S/C16H21Br/c1-12-7-6-10-16(2,3)14(12)11-13-8-4-5-9-15(13)17/h4-5,8-9,14H,1,6-7,10-11H2,2-3H3. The van der Waals surface area contributed by atoms with Crippen LogP contribution >= 0.6 is 15.9 Å². The zero-order valence-corrected chi connectivity index (χ0v) is 12.4. The van der Waals surface area contributed by atoms with Crippen LogP contribution in [0.15, 0.2) is 40.9 Å². The van der Waals surface area contributed by atoms with Crippen LogP contribution < -0.4 is 0 Å². The van der Waals surface area contributed by atoms with E-state index in [2.05, 4.69) is 60.6 Å². The molecule has 1 atom stereocenters. The fourth-order valence-electron chi connectivity index (χ4n) is 2.98. The predicted octanol–water partition coefficient (Wildman–Crippen LogP) is 5.37. The van der Waals surface area contributed by atoms with E-state index in [1.165, 1.54) is 34.9 Å². The molecule has 0 heterocycles. The van der Waals surface area contributed by atoms with Crippen LogP contribution in [0.3, 0.4) is 0 Å². The van der Waals surface area contributed by atoms with Gasteiger partial charge in [0.15, 0.2) is 0 Å². The average Bonchev–Trinajstić information content (AvgIpc) is 2.25. The lowest BCUT2D eigenvalue weighted by atomic mass is 9.65. The van der Waals surface area contributed by atoms with Gasteiger partial charge >= 0.3 is 0 Å². The Kier molecular flexibility index (Phi) is 3.77. The minimum absolute atomic E-state index is 0.393. The normalized spacial score (nSPS) is 23.7. The summed E-state index contributed by atoms with van der Waals surface area (Å²) in [5.41, 5.74) is 3.25. The molecule has 1 aromatic carbocycles. The molecule has 2 rings (SSSR count). The molecule has 0 nitrogen and oxygen atoms in total. The summed E-state index contributed by atoms with van der Waals surface area (Å²) < 4.78 is 1.23. The number of hydrogen-bond acceptors (Lipinski definition) is 0. The summed E-state index contributed by atoms with van der Waals surface area (Å²) in [7, 11) is 0. The second-order valence-electron chi connectivity index (χ2n) is 5.85. The van der Waals surface area contributed by atoms with Gasteiger partial charge in [-0.15, -0.1) is 0 Å². The SMILES string of the molecule is C=C1CCCC(C)(C)C1Cc1ccccc1Br. The fourth-order valence-corrected chi connectivity index (χ4v) is 3.42. The van der Waals surface area contributed by atoms with Crippen LogP contribution in [-0.4, -0.2) is 0 Å². The second-order valence-corrected chi connectivity index (χ2v) is 6.70. The van der Waals surface area contributed by atoms with Gasteiger partial charge < -0.3 is 0 Å². The van der Waals surface area contributed by atoms with Crippen molar-refractivity contribution >= 4 is 15.9 Å². The molecule has 0 amide bonds. The van der Waals surface area contributed by atoms with E-state index >= 15 is 0 Å². The molecule has 0 spiro atoms. The average molecular weight is 293 g/mol. The highest BCUT2D eigenvalue weighted by molar-refractivity contribution is 9.10. The molecule has 1 unspecified atom stereocenters. The summed E-state index contributed by atoms with van der Waals surface area (Å²) in [4.78, 5) is 0. The number of rotatable bonds is 2. The van der Waals surface area contributed by atoms with Crippen molar-refractivity contribution in [2.24, 2.45) is 11.3 Å². The van der Waals surface area contributed by atoms with E-state index in [4.69, 9.17) is 0 Å². The molecule has 0 radical (unpaired) electrons. The van der Waals surface area contributed by atoms with Crippen LogP contribution in [0.25, 0.3) is 0 Å². The molecule has 92 valence electrons. The Bertz CT molecular complexity index is 417. The lowest BCUT2D eigenvalue weighted by Crippen LogP contribution is -2.31. The maximum atomic E-state index is 4.30. The first-order valence-electron chi connectivity index (χ1n) is 6.42. The van der Waals surface area contributed by atoms with Crippen molar-refractivity contribution in [3.05, 3.63) is 46.5 Å². The van der Waals surface area contributed by atoms with Gasteiger partial charge in [0, 0.05) is 4.47 Å². The molecule has 0 N–H and O–H groups in total. The van der Waals surface area contributed by atoms with Crippen LogP contribution in [0.4, 0.5) is 0 Å². The van der Waals surface area contributed by atoms with Gasteiger partial charge in [-0.05, 0) is 48.6 Å². The molecule has 17 heavy (non-hydrogen) atoms. The minimum Gasteiger partial charge on any atom is -0.0995 e. The first-order chi connectivity index (χ1) is 8.00. The van der Waals surface area contributed by atoms with Gasteiger partial charge in [-0.3, -0.25) is 0 Å². The molecule has 1 aromatic rings. The first kappa shape index (κ1) is 12.9. The molecule has 0 bridgehead atoms. The van der Waals surface area contributed by atoms with Crippen molar-refractivity contribution in [1.29, 1.82) is 0 Å². The van der Waals surface area contributed by atoms with Crippen molar-refractivity contribution in [2.45, 2.75) is 39.5 Å². The van der Waals surface area contributed by atoms with Crippen LogP contribution in [-0.2, 0) is 6.42 Å². The molecule has 1 aliphatic carbocycles. The van der Waals surface area contributed by atoms with E-state index in [9.17, 15) is 0 Å². The Morgan fingerprint density at radius 3 is 2.71 bits per heavy atom. The fraction of sp³-hybridized carbons (Fsp3) is 0.500. The molecule has 0 aromatic heterocycles. The molecule has 0 aliphatic heterocycles. The van der Waals surface area contributed by atoms with Gasteiger partial charge in [0.1, 0.15) is 0 Å². The Hall–Kier alpha value is -0.560. The van der Waals surface area contributed by atoms with Crippen LogP contribution in [0.2, 0.25) is 0 Å². The molecular weight excluding hydrogens is 272 g/mol. The third kappa shape index (κ3) is 2.82. The minimum atomic E-state index is 0.393.